The first-order valence-electron chi connectivity index (χ1n) is 13.2. The van der Waals surface area contributed by atoms with Gasteiger partial charge in [-0.2, -0.15) is 0 Å². The zero-order valence-electron chi connectivity index (χ0n) is 24.6. The molecular weight excluding hydrogens is 606 g/mol. The molecule has 0 aliphatic rings. The van der Waals surface area contributed by atoms with Crippen molar-refractivity contribution in [2.24, 2.45) is 0 Å². The maximum Gasteiger partial charge on any atom is 0.264 e. The number of amides is 2. The topological polar surface area (TPSA) is 96.0 Å². The summed E-state index contributed by atoms with van der Waals surface area (Å²) in [5, 5.41) is 2.94. The van der Waals surface area contributed by atoms with Crippen LogP contribution in [0.4, 0.5) is 5.69 Å². The number of carbonyl (C=O) groups excluding carboxylic acids is 2. The van der Waals surface area contributed by atoms with Crippen LogP contribution in [-0.4, -0.2) is 50.4 Å². The van der Waals surface area contributed by atoms with E-state index in [-0.39, 0.29) is 17.3 Å². The molecule has 3 aromatic carbocycles. The molecule has 0 bridgehead atoms. The Labute approximate surface area is 251 Å². The van der Waals surface area contributed by atoms with Gasteiger partial charge in [0.05, 0.1) is 22.2 Å². The van der Waals surface area contributed by atoms with E-state index < -0.39 is 34.1 Å². The molecule has 0 spiro atoms. The fourth-order valence-electron chi connectivity index (χ4n) is 4.20. The Morgan fingerprint density at radius 3 is 2.20 bits per heavy atom. The van der Waals surface area contributed by atoms with E-state index in [0.717, 1.165) is 21.0 Å². The van der Waals surface area contributed by atoms with Crippen LogP contribution in [0.3, 0.4) is 0 Å². The van der Waals surface area contributed by atoms with E-state index in [1.807, 2.05) is 58.9 Å². The van der Waals surface area contributed by atoms with Crippen molar-refractivity contribution >= 4 is 43.5 Å². The molecule has 0 aromatic heterocycles. The lowest BCUT2D eigenvalue weighted by atomic mass is 10.1. The highest BCUT2D eigenvalue weighted by molar-refractivity contribution is 9.10. The van der Waals surface area contributed by atoms with Gasteiger partial charge in [0.25, 0.3) is 10.0 Å². The largest absolute Gasteiger partial charge is 0.496 e. The minimum Gasteiger partial charge on any atom is -0.496 e. The minimum atomic E-state index is -4.20. The Morgan fingerprint density at radius 2 is 1.63 bits per heavy atom. The molecule has 0 aliphatic carbocycles. The summed E-state index contributed by atoms with van der Waals surface area (Å²) in [5.74, 6) is -0.366. The highest BCUT2D eigenvalue weighted by Crippen LogP contribution is 2.31. The van der Waals surface area contributed by atoms with E-state index in [9.17, 15) is 18.0 Å². The number of anilines is 1. The van der Waals surface area contributed by atoms with E-state index in [2.05, 4.69) is 21.2 Å². The van der Waals surface area contributed by atoms with Crippen LogP contribution in [0.1, 0.15) is 44.4 Å². The summed E-state index contributed by atoms with van der Waals surface area (Å²) < 4.78 is 34.9. The minimum absolute atomic E-state index is 0.0115. The lowest BCUT2D eigenvalue weighted by molar-refractivity contribution is -0.140. The Kier molecular flexibility index (Phi) is 10.3. The number of nitrogens with one attached hydrogen (secondary N) is 1. The molecule has 0 saturated heterocycles. The number of benzene rings is 3. The summed E-state index contributed by atoms with van der Waals surface area (Å²) in [5.41, 5.74) is 2.58. The average molecular weight is 645 g/mol. The first-order chi connectivity index (χ1) is 19.1. The van der Waals surface area contributed by atoms with E-state index in [4.69, 9.17) is 4.74 Å². The molecule has 0 heterocycles. The molecule has 8 nitrogen and oxygen atoms in total. The first kappa shape index (κ1) is 32.1. The summed E-state index contributed by atoms with van der Waals surface area (Å²) in [6.45, 7) is 10.7. The van der Waals surface area contributed by atoms with Crippen molar-refractivity contribution in [1.82, 2.24) is 10.2 Å². The molecule has 1 N–H and O–H groups in total. The molecule has 1 atom stereocenters. The number of hydrogen-bond acceptors (Lipinski definition) is 5. The number of aryl methyl sites for hydroxylation is 2. The first-order valence-corrected chi connectivity index (χ1v) is 15.5. The summed E-state index contributed by atoms with van der Waals surface area (Å²) in [6, 6.07) is 18.1. The molecule has 41 heavy (non-hydrogen) atoms. The van der Waals surface area contributed by atoms with Crippen molar-refractivity contribution in [3.63, 3.8) is 0 Å². The van der Waals surface area contributed by atoms with Crippen LogP contribution in [0.15, 0.2) is 76.1 Å². The quantitative estimate of drug-likeness (QED) is 0.310. The SMILES string of the molecule is COc1ccc(S(=O)(=O)N(CC(=O)N(Cc2ccccc2C)[C@H](C)C(=O)NC(C)(C)C)c2ccc(C)cc2)cc1Br. The number of hydrogen-bond donors (Lipinski definition) is 1. The van der Waals surface area contributed by atoms with Crippen LogP contribution in [0.25, 0.3) is 0 Å². The molecule has 2 amide bonds. The van der Waals surface area contributed by atoms with Crippen molar-refractivity contribution in [2.45, 2.75) is 64.6 Å². The van der Waals surface area contributed by atoms with Gasteiger partial charge >= 0.3 is 0 Å². The average Bonchev–Trinajstić information content (AvgIpc) is 2.90. The van der Waals surface area contributed by atoms with E-state index >= 15 is 0 Å². The molecule has 0 aliphatic heterocycles. The van der Waals surface area contributed by atoms with Gasteiger partial charge in [0.15, 0.2) is 0 Å². The van der Waals surface area contributed by atoms with Gasteiger partial charge in [0, 0.05) is 12.1 Å². The molecule has 0 fully saturated rings. The third kappa shape index (κ3) is 8.10. The second-order valence-electron chi connectivity index (χ2n) is 11.0. The van der Waals surface area contributed by atoms with Crippen molar-refractivity contribution in [1.29, 1.82) is 0 Å². The van der Waals surface area contributed by atoms with E-state index in [0.29, 0.717) is 15.9 Å². The maximum atomic E-state index is 14.1. The standard InChI is InChI=1S/C31H38BrN3O5S/c1-21-12-14-25(15-13-21)35(41(38,39)26-16-17-28(40-7)27(32)18-26)20-29(36)34(19-24-11-9-8-10-22(24)2)23(3)30(37)33-31(4,5)6/h8-18,23H,19-20H2,1-7H3,(H,33,37)/t23-/m1/s1. The summed E-state index contributed by atoms with van der Waals surface area (Å²) in [4.78, 5) is 28.7. The number of carbonyl (C=O) groups is 2. The van der Waals surface area contributed by atoms with Crippen LogP contribution < -0.4 is 14.4 Å². The van der Waals surface area contributed by atoms with Gasteiger partial charge in [0.1, 0.15) is 18.3 Å². The number of ether oxygens (including phenoxy) is 1. The summed E-state index contributed by atoms with van der Waals surface area (Å²) in [6.07, 6.45) is 0. The van der Waals surface area contributed by atoms with Gasteiger partial charge in [0.2, 0.25) is 11.8 Å². The van der Waals surface area contributed by atoms with Gasteiger partial charge in [-0.15, -0.1) is 0 Å². The van der Waals surface area contributed by atoms with Gasteiger partial charge in [-0.3, -0.25) is 13.9 Å². The Morgan fingerprint density at radius 1 is 1.00 bits per heavy atom. The van der Waals surface area contributed by atoms with Crippen molar-refractivity contribution in [2.75, 3.05) is 18.0 Å². The summed E-state index contributed by atoms with van der Waals surface area (Å²) >= 11 is 3.36. The molecule has 3 aromatic rings. The molecule has 10 heteroatoms. The Hall–Kier alpha value is -3.37. The van der Waals surface area contributed by atoms with Crippen LogP contribution in [0.5, 0.6) is 5.75 Å². The lowest BCUT2D eigenvalue weighted by Crippen LogP contribution is -2.54. The molecular formula is C31H38BrN3O5S. The zero-order valence-corrected chi connectivity index (χ0v) is 27.0. The lowest BCUT2D eigenvalue weighted by Gasteiger charge is -2.33. The number of nitrogens with zero attached hydrogens (tertiary/aromatic N) is 2. The number of rotatable bonds is 10. The van der Waals surface area contributed by atoms with Crippen LogP contribution in [0.2, 0.25) is 0 Å². The van der Waals surface area contributed by atoms with Gasteiger partial charge < -0.3 is 15.0 Å². The van der Waals surface area contributed by atoms with Crippen LogP contribution >= 0.6 is 15.9 Å². The zero-order chi connectivity index (χ0) is 30.5. The van der Waals surface area contributed by atoms with Crippen molar-refractivity contribution in [3.05, 3.63) is 87.9 Å². The fraction of sp³-hybridized carbons (Fsp3) is 0.355. The third-order valence-corrected chi connectivity index (χ3v) is 8.97. The van der Waals surface area contributed by atoms with Crippen LogP contribution in [-0.2, 0) is 26.2 Å². The van der Waals surface area contributed by atoms with E-state index in [1.54, 1.807) is 37.3 Å². The normalized spacial score (nSPS) is 12.4. The highest BCUT2D eigenvalue weighted by Gasteiger charge is 2.33. The molecule has 0 unspecified atom stereocenters. The second kappa shape index (κ2) is 13.1. The third-order valence-electron chi connectivity index (χ3n) is 6.58. The number of halogens is 1. The molecule has 220 valence electrons. The smallest absolute Gasteiger partial charge is 0.264 e. The Bertz CT molecular complexity index is 1500. The second-order valence-corrected chi connectivity index (χ2v) is 13.7. The van der Waals surface area contributed by atoms with Crippen molar-refractivity contribution < 1.29 is 22.7 Å². The maximum absolute atomic E-state index is 14.1. The van der Waals surface area contributed by atoms with Gasteiger partial charge in [-0.1, -0.05) is 42.0 Å². The molecule has 0 saturated carbocycles. The Balaban J connectivity index is 2.07. The predicted octanol–water partition coefficient (Wildman–Crippen LogP) is 5.60. The van der Waals surface area contributed by atoms with Gasteiger partial charge in [-0.25, -0.2) is 8.42 Å². The van der Waals surface area contributed by atoms with Crippen LogP contribution in [0, 0.1) is 13.8 Å². The monoisotopic (exact) mass is 643 g/mol. The van der Waals surface area contributed by atoms with Crippen molar-refractivity contribution in [3.8, 4) is 5.75 Å². The number of sulfonamides is 1. The highest BCUT2D eigenvalue weighted by atomic mass is 79.9. The summed E-state index contributed by atoms with van der Waals surface area (Å²) in [7, 11) is -2.71. The molecule has 0 radical (unpaired) electrons. The van der Waals surface area contributed by atoms with E-state index in [1.165, 1.54) is 24.1 Å². The molecule has 3 rings (SSSR count). The predicted molar refractivity (Wildman–Crippen MR) is 165 cm³/mol. The number of methoxy groups -OCH3 is 1. The fourth-order valence-corrected chi connectivity index (χ4v) is 6.34. The van der Waals surface area contributed by atoms with Gasteiger partial charge in [-0.05, 0) is 98.9 Å².